The number of aromatic hydroxyl groups is 1. The van der Waals surface area contributed by atoms with E-state index < -0.39 is 0 Å². The number of anilines is 1. The number of methoxy groups -OCH3 is 1. The van der Waals surface area contributed by atoms with Gasteiger partial charge in [0.1, 0.15) is 11.5 Å². The number of ether oxygens (including phenoxy) is 1. The Hall–Kier alpha value is -2.16. The van der Waals surface area contributed by atoms with Crippen LogP contribution in [-0.4, -0.2) is 12.2 Å². The van der Waals surface area contributed by atoms with E-state index in [2.05, 4.69) is 5.32 Å². The first-order chi connectivity index (χ1) is 8.29. The third-order valence-electron chi connectivity index (χ3n) is 2.55. The van der Waals surface area contributed by atoms with Gasteiger partial charge < -0.3 is 15.2 Å². The average Bonchev–Trinajstić information content (AvgIpc) is 2.38. The van der Waals surface area contributed by atoms with Crippen molar-refractivity contribution in [2.75, 3.05) is 12.4 Å². The van der Waals surface area contributed by atoms with Crippen molar-refractivity contribution in [3.05, 3.63) is 54.1 Å². The van der Waals surface area contributed by atoms with E-state index in [4.69, 9.17) is 4.74 Å². The molecular formula is C14H15NO2. The first-order valence-corrected chi connectivity index (χ1v) is 5.44. The normalized spacial score (nSPS) is 9.94. The molecule has 17 heavy (non-hydrogen) atoms. The third-order valence-corrected chi connectivity index (χ3v) is 2.55. The van der Waals surface area contributed by atoms with Crippen molar-refractivity contribution in [1.82, 2.24) is 0 Å². The predicted molar refractivity (Wildman–Crippen MR) is 68.4 cm³/mol. The lowest BCUT2D eigenvalue weighted by Crippen LogP contribution is -1.99. The van der Waals surface area contributed by atoms with Crippen molar-refractivity contribution in [2.24, 2.45) is 0 Å². The average molecular weight is 229 g/mol. The molecule has 3 heteroatoms. The lowest BCUT2D eigenvalue weighted by molar-refractivity contribution is 0.414. The van der Waals surface area contributed by atoms with Crippen molar-refractivity contribution >= 4 is 5.69 Å². The number of phenols is 1. The zero-order valence-electron chi connectivity index (χ0n) is 9.68. The number of nitrogens with one attached hydrogen (secondary N) is 1. The standard InChI is InChI=1S/C14H15NO2/c1-17-12-8-6-11(7-9-12)10-15-13-4-2-3-5-14(13)16/h2-9,15-16H,10H2,1H3. The monoisotopic (exact) mass is 229 g/mol. The molecule has 88 valence electrons. The van der Waals surface area contributed by atoms with E-state index in [-0.39, 0.29) is 5.75 Å². The van der Waals surface area contributed by atoms with Gasteiger partial charge in [-0.3, -0.25) is 0 Å². The smallest absolute Gasteiger partial charge is 0.138 e. The first-order valence-electron chi connectivity index (χ1n) is 5.44. The number of hydrogen-bond acceptors (Lipinski definition) is 3. The maximum absolute atomic E-state index is 9.59. The van der Waals surface area contributed by atoms with Crippen LogP contribution < -0.4 is 10.1 Å². The Morgan fingerprint density at radius 2 is 1.76 bits per heavy atom. The van der Waals surface area contributed by atoms with E-state index in [1.807, 2.05) is 36.4 Å². The summed E-state index contributed by atoms with van der Waals surface area (Å²) in [5, 5.41) is 12.8. The van der Waals surface area contributed by atoms with Gasteiger partial charge in [0.2, 0.25) is 0 Å². The highest BCUT2D eigenvalue weighted by molar-refractivity contribution is 5.55. The molecule has 0 aliphatic rings. The molecule has 0 spiro atoms. The van der Waals surface area contributed by atoms with E-state index in [1.165, 1.54) is 0 Å². The molecule has 2 aromatic carbocycles. The molecule has 0 unspecified atom stereocenters. The summed E-state index contributed by atoms with van der Waals surface area (Å²) in [6, 6.07) is 15.0. The van der Waals surface area contributed by atoms with E-state index in [9.17, 15) is 5.11 Å². The van der Waals surface area contributed by atoms with Crippen molar-refractivity contribution < 1.29 is 9.84 Å². The molecular weight excluding hydrogens is 214 g/mol. The second-order valence-electron chi connectivity index (χ2n) is 3.72. The van der Waals surface area contributed by atoms with Gasteiger partial charge in [0.15, 0.2) is 0 Å². The van der Waals surface area contributed by atoms with E-state index in [1.54, 1.807) is 19.2 Å². The van der Waals surface area contributed by atoms with Gasteiger partial charge in [-0.25, -0.2) is 0 Å². The fourth-order valence-corrected chi connectivity index (χ4v) is 1.56. The van der Waals surface area contributed by atoms with E-state index >= 15 is 0 Å². The number of rotatable bonds is 4. The minimum atomic E-state index is 0.265. The maximum Gasteiger partial charge on any atom is 0.138 e. The fourth-order valence-electron chi connectivity index (χ4n) is 1.56. The summed E-state index contributed by atoms with van der Waals surface area (Å²) < 4.78 is 5.09. The van der Waals surface area contributed by atoms with Crippen LogP contribution in [0, 0.1) is 0 Å². The highest BCUT2D eigenvalue weighted by Crippen LogP contribution is 2.22. The number of hydrogen-bond donors (Lipinski definition) is 2. The van der Waals surface area contributed by atoms with Crippen molar-refractivity contribution in [1.29, 1.82) is 0 Å². The summed E-state index contributed by atoms with van der Waals surface area (Å²) in [6.45, 7) is 0.668. The van der Waals surface area contributed by atoms with Crippen LogP contribution >= 0.6 is 0 Å². The molecule has 0 amide bonds. The summed E-state index contributed by atoms with van der Waals surface area (Å²) >= 11 is 0. The van der Waals surface area contributed by atoms with E-state index in [0.717, 1.165) is 17.0 Å². The molecule has 0 aliphatic heterocycles. The summed E-state index contributed by atoms with van der Waals surface area (Å²) in [4.78, 5) is 0. The van der Waals surface area contributed by atoms with Gasteiger partial charge >= 0.3 is 0 Å². The number of benzene rings is 2. The Kier molecular flexibility index (Phi) is 3.50. The summed E-state index contributed by atoms with van der Waals surface area (Å²) in [5.74, 6) is 1.11. The Morgan fingerprint density at radius 1 is 1.06 bits per heavy atom. The Balaban J connectivity index is 2.00. The molecule has 0 fully saturated rings. The van der Waals surface area contributed by atoms with Gasteiger partial charge in [-0.15, -0.1) is 0 Å². The fraction of sp³-hybridized carbons (Fsp3) is 0.143. The number of para-hydroxylation sites is 2. The quantitative estimate of drug-likeness (QED) is 0.792. The highest BCUT2D eigenvalue weighted by atomic mass is 16.5. The second kappa shape index (κ2) is 5.25. The molecule has 0 saturated heterocycles. The molecule has 0 aromatic heterocycles. The molecule has 0 aliphatic carbocycles. The van der Waals surface area contributed by atoms with Crippen LogP contribution in [0.3, 0.4) is 0 Å². The van der Waals surface area contributed by atoms with Crippen molar-refractivity contribution in [2.45, 2.75) is 6.54 Å². The van der Waals surface area contributed by atoms with E-state index in [0.29, 0.717) is 6.54 Å². The molecule has 2 rings (SSSR count). The highest BCUT2D eigenvalue weighted by Gasteiger charge is 1.99. The SMILES string of the molecule is COc1ccc(CNc2ccccc2O)cc1. The molecule has 2 aromatic rings. The molecule has 0 heterocycles. The van der Waals surface area contributed by atoms with Gasteiger partial charge in [0, 0.05) is 6.54 Å². The van der Waals surface area contributed by atoms with Crippen LogP contribution in [0.4, 0.5) is 5.69 Å². The zero-order valence-corrected chi connectivity index (χ0v) is 9.68. The van der Waals surface area contributed by atoms with Gasteiger partial charge in [-0.2, -0.15) is 0 Å². The number of phenolic OH excluding ortho intramolecular Hbond substituents is 1. The minimum absolute atomic E-state index is 0.265. The van der Waals surface area contributed by atoms with Gasteiger partial charge in [0.25, 0.3) is 0 Å². The van der Waals surface area contributed by atoms with Crippen LogP contribution in [0.15, 0.2) is 48.5 Å². The summed E-state index contributed by atoms with van der Waals surface area (Å²) in [5.41, 5.74) is 1.87. The Bertz CT molecular complexity index is 480. The van der Waals surface area contributed by atoms with Crippen LogP contribution in [0.25, 0.3) is 0 Å². The molecule has 2 N–H and O–H groups in total. The van der Waals surface area contributed by atoms with Crippen molar-refractivity contribution in [3.8, 4) is 11.5 Å². The van der Waals surface area contributed by atoms with Gasteiger partial charge in [0.05, 0.1) is 12.8 Å². The van der Waals surface area contributed by atoms with Gasteiger partial charge in [-0.05, 0) is 29.8 Å². The molecule has 0 radical (unpaired) electrons. The zero-order chi connectivity index (χ0) is 12.1. The second-order valence-corrected chi connectivity index (χ2v) is 3.72. The Labute approximate surface area is 101 Å². The largest absolute Gasteiger partial charge is 0.506 e. The van der Waals surface area contributed by atoms with Crippen LogP contribution in [0.5, 0.6) is 11.5 Å². The summed E-state index contributed by atoms with van der Waals surface area (Å²) in [7, 11) is 1.65. The van der Waals surface area contributed by atoms with Crippen LogP contribution in [-0.2, 0) is 6.54 Å². The molecule has 0 bridgehead atoms. The Morgan fingerprint density at radius 3 is 2.41 bits per heavy atom. The lowest BCUT2D eigenvalue weighted by Gasteiger charge is -2.08. The predicted octanol–water partition coefficient (Wildman–Crippen LogP) is 3.01. The van der Waals surface area contributed by atoms with Crippen LogP contribution in [0.2, 0.25) is 0 Å². The van der Waals surface area contributed by atoms with Crippen molar-refractivity contribution in [3.63, 3.8) is 0 Å². The maximum atomic E-state index is 9.59. The molecule has 3 nitrogen and oxygen atoms in total. The minimum Gasteiger partial charge on any atom is -0.506 e. The topological polar surface area (TPSA) is 41.5 Å². The lowest BCUT2D eigenvalue weighted by atomic mass is 10.2. The van der Waals surface area contributed by atoms with Crippen LogP contribution in [0.1, 0.15) is 5.56 Å². The third kappa shape index (κ3) is 2.91. The molecule has 0 saturated carbocycles. The summed E-state index contributed by atoms with van der Waals surface area (Å²) in [6.07, 6.45) is 0. The molecule has 0 atom stereocenters. The first kappa shape index (κ1) is 11.3. The van der Waals surface area contributed by atoms with Gasteiger partial charge in [-0.1, -0.05) is 24.3 Å².